The molecule has 9 heteroatoms. The van der Waals surface area contributed by atoms with Crippen LogP contribution in [0, 0.1) is 0 Å². The molecule has 162 valence electrons. The Balaban J connectivity index is 1.98. The summed E-state index contributed by atoms with van der Waals surface area (Å²) in [5.41, 5.74) is 0.743. The standard InChI is InChI=1S/C21H24F2N2O5/c1-4-28-17-11-8-15(12-18(17)29-5-2)24-19(26)13-25(3)20(27)14-6-9-16(10-7-14)30-21(22)23/h6-12,21H,4-5,13H2,1-3H3,(H,24,26). The van der Waals surface area contributed by atoms with Crippen LogP contribution in [0.4, 0.5) is 14.5 Å². The van der Waals surface area contributed by atoms with Gasteiger partial charge in [0.05, 0.1) is 19.8 Å². The van der Waals surface area contributed by atoms with E-state index in [1.165, 1.54) is 36.2 Å². The van der Waals surface area contributed by atoms with Crippen LogP contribution in [0.5, 0.6) is 17.2 Å². The predicted molar refractivity (Wildman–Crippen MR) is 107 cm³/mol. The van der Waals surface area contributed by atoms with Crippen molar-refractivity contribution >= 4 is 17.5 Å². The predicted octanol–water partition coefficient (Wildman–Crippen LogP) is 3.80. The molecule has 2 aromatic rings. The molecule has 0 radical (unpaired) electrons. The van der Waals surface area contributed by atoms with E-state index < -0.39 is 18.4 Å². The van der Waals surface area contributed by atoms with Crippen LogP contribution in [0.3, 0.4) is 0 Å². The second-order valence-electron chi connectivity index (χ2n) is 6.14. The molecule has 0 aliphatic heterocycles. The van der Waals surface area contributed by atoms with Gasteiger partial charge in [-0.3, -0.25) is 9.59 Å². The first-order valence-corrected chi connectivity index (χ1v) is 9.33. The van der Waals surface area contributed by atoms with Crippen molar-refractivity contribution in [2.24, 2.45) is 0 Å². The number of halogens is 2. The quantitative estimate of drug-likeness (QED) is 0.630. The van der Waals surface area contributed by atoms with Gasteiger partial charge in [0.25, 0.3) is 5.91 Å². The zero-order valence-corrected chi connectivity index (χ0v) is 17.0. The van der Waals surface area contributed by atoms with E-state index in [0.717, 1.165) is 0 Å². The molecule has 0 saturated carbocycles. The number of anilines is 1. The first-order valence-electron chi connectivity index (χ1n) is 9.33. The zero-order chi connectivity index (χ0) is 22.1. The normalized spacial score (nSPS) is 10.5. The van der Waals surface area contributed by atoms with Crippen LogP contribution in [0.25, 0.3) is 0 Å². The summed E-state index contributed by atoms with van der Waals surface area (Å²) in [6.07, 6.45) is 0. The van der Waals surface area contributed by atoms with Gasteiger partial charge in [0.1, 0.15) is 5.75 Å². The first-order chi connectivity index (χ1) is 14.3. The number of likely N-dealkylation sites (N-methyl/N-ethyl adjacent to an activating group) is 1. The Bertz CT molecular complexity index is 859. The average Bonchev–Trinajstić information content (AvgIpc) is 2.69. The van der Waals surface area contributed by atoms with Crippen LogP contribution in [0.2, 0.25) is 0 Å². The van der Waals surface area contributed by atoms with Gasteiger partial charge in [0.15, 0.2) is 11.5 Å². The van der Waals surface area contributed by atoms with E-state index in [2.05, 4.69) is 10.1 Å². The topological polar surface area (TPSA) is 77.1 Å². The number of nitrogens with zero attached hydrogens (tertiary/aromatic N) is 1. The number of hydrogen-bond donors (Lipinski definition) is 1. The lowest BCUT2D eigenvalue weighted by Crippen LogP contribution is -2.34. The van der Waals surface area contributed by atoms with E-state index in [0.29, 0.717) is 30.4 Å². The highest BCUT2D eigenvalue weighted by Gasteiger charge is 2.16. The third kappa shape index (κ3) is 6.61. The summed E-state index contributed by atoms with van der Waals surface area (Å²) in [4.78, 5) is 26.0. The molecule has 0 spiro atoms. The Morgan fingerprint density at radius 3 is 2.23 bits per heavy atom. The van der Waals surface area contributed by atoms with Crippen LogP contribution in [-0.4, -0.2) is 50.1 Å². The second kappa shape index (κ2) is 11.0. The van der Waals surface area contributed by atoms with Gasteiger partial charge in [0.2, 0.25) is 5.91 Å². The molecule has 0 aromatic heterocycles. The van der Waals surface area contributed by atoms with Gasteiger partial charge >= 0.3 is 6.61 Å². The minimum absolute atomic E-state index is 0.0532. The van der Waals surface area contributed by atoms with Gasteiger partial charge in [-0.05, 0) is 50.2 Å². The monoisotopic (exact) mass is 422 g/mol. The van der Waals surface area contributed by atoms with Crippen molar-refractivity contribution in [1.82, 2.24) is 4.90 Å². The van der Waals surface area contributed by atoms with Crippen molar-refractivity contribution in [2.45, 2.75) is 20.5 Å². The molecule has 0 heterocycles. The first kappa shape index (κ1) is 22.9. The van der Waals surface area contributed by atoms with Crippen molar-refractivity contribution in [2.75, 3.05) is 32.1 Å². The maximum absolute atomic E-state index is 12.4. The maximum atomic E-state index is 12.4. The summed E-state index contributed by atoms with van der Waals surface area (Å²) in [5, 5.41) is 2.71. The molecule has 0 atom stereocenters. The van der Waals surface area contributed by atoms with Crippen LogP contribution in [0.1, 0.15) is 24.2 Å². The summed E-state index contributed by atoms with van der Waals surface area (Å²) in [7, 11) is 1.47. The van der Waals surface area contributed by atoms with Crippen LogP contribution in [-0.2, 0) is 4.79 Å². The number of rotatable bonds is 10. The van der Waals surface area contributed by atoms with Gasteiger partial charge in [-0.25, -0.2) is 0 Å². The van der Waals surface area contributed by atoms with Crippen molar-refractivity contribution < 1.29 is 32.6 Å². The fraction of sp³-hybridized carbons (Fsp3) is 0.333. The molecule has 2 amide bonds. The van der Waals surface area contributed by atoms with E-state index >= 15 is 0 Å². The van der Waals surface area contributed by atoms with Gasteiger partial charge in [-0.15, -0.1) is 0 Å². The minimum atomic E-state index is -2.94. The Labute approximate surface area is 173 Å². The highest BCUT2D eigenvalue weighted by molar-refractivity contribution is 5.99. The summed E-state index contributed by atoms with van der Waals surface area (Å²) in [6.45, 7) is 1.48. The van der Waals surface area contributed by atoms with Crippen molar-refractivity contribution in [3.8, 4) is 17.2 Å². The molecule has 0 aliphatic carbocycles. The lowest BCUT2D eigenvalue weighted by molar-refractivity contribution is -0.116. The molecule has 0 aliphatic rings. The van der Waals surface area contributed by atoms with Crippen molar-refractivity contribution in [1.29, 1.82) is 0 Å². The van der Waals surface area contributed by atoms with Gasteiger partial charge in [-0.1, -0.05) is 0 Å². The van der Waals surface area contributed by atoms with Gasteiger partial charge in [-0.2, -0.15) is 8.78 Å². The fourth-order valence-corrected chi connectivity index (χ4v) is 2.62. The molecular weight excluding hydrogens is 398 g/mol. The summed E-state index contributed by atoms with van der Waals surface area (Å²) in [5.74, 6) is 0.185. The highest BCUT2D eigenvalue weighted by Crippen LogP contribution is 2.30. The summed E-state index contributed by atoms with van der Waals surface area (Å²) in [6, 6.07) is 10.3. The second-order valence-corrected chi connectivity index (χ2v) is 6.14. The molecular formula is C21H24F2N2O5. The lowest BCUT2D eigenvalue weighted by atomic mass is 10.2. The Morgan fingerprint density at radius 2 is 1.63 bits per heavy atom. The number of alkyl halides is 2. The van der Waals surface area contributed by atoms with Crippen LogP contribution >= 0.6 is 0 Å². The molecule has 2 aromatic carbocycles. The Hall–Kier alpha value is -3.36. The molecule has 30 heavy (non-hydrogen) atoms. The number of hydrogen-bond acceptors (Lipinski definition) is 5. The molecule has 0 unspecified atom stereocenters. The Kier molecular flexibility index (Phi) is 8.40. The SMILES string of the molecule is CCOc1ccc(NC(=O)CN(C)C(=O)c2ccc(OC(F)F)cc2)cc1OCC. The zero-order valence-electron chi connectivity index (χ0n) is 17.0. The van der Waals surface area contributed by atoms with E-state index in [1.807, 2.05) is 13.8 Å². The Morgan fingerprint density at radius 1 is 1.00 bits per heavy atom. The minimum Gasteiger partial charge on any atom is -0.490 e. The molecule has 0 fully saturated rings. The average molecular weight is 422 g/mol. The van der Waals surface area contributed by atoms with Crippen LogP contribution < -0.4 is 19.5 Å². The number of nitrogens with one attached hydrogen (secondary N) is 1. The number of ether oxygens (including phenoxy) is 3. The maximum Gasteiger partial charge on any atom is 0.387 e. The van der Waals surface area contributed by atoms with Crippen molar-refractivity contribution in [3.63, 3.8) is 0 Å². The number of carbonyl (C=O) groups is 2. The molecule has 7 nitrogen and oxygen atoms in total. The largest absolute Gasteiger partial charge is 0.490 e. The molecule has 0 saturated heterocycles. The van der Waals surface area contributed by atoms with Crippen LogP contribution in [0.15, 0.2) is 42.5 Å². The number of benzene rings is 2. The fourth-order valence-electron chi connectivity index (χ4n) is 2.62. The lowest BCUT2D eigenvalue weighted by Gasteiger charge is -2.18. The highest BCUT2D eigenvalue weighted by atomic mass is 19.3. The van der Waals surface area contributed by atoms with Gasteiger partial charge in [0, 0.05) is 24.4 Å². The number of amides is 2. The smallest absolute Gasteiger partial charge is 0.387 e. The number of carbonyl (C=O) groups excluding carboxylic acids is 2. The molecule has 2 rings (SSSR count). The van der Waals surface area contributed by atoms with E-state index in [-0.39, 0.29) is 17.9 Å². The van der Waals surface area contributed by atoms with Crippen molar-refractivity contribution in [3.05, 3.63) is 48.0 Å². The van der Waals surface area contributed by atoms with E-state index in [4.69, 9.17) is 9.47 Å². The third-order valence-corrected chi connectivity index (χ3v) is 3.88. The van der Waals surface area contributed by atoms with Gasteiger partial charge < -0.3 is 24.4 Å². The summed E-state index contributed by atoms with van der Waals surface area (Å²) >= 11 is 0. The molecule has 1 N–H and O–H groups in total. The van der Waals surface area contributed by atoms with E-state index in [1.54, 1.807) is 18.2 Å². The van der Waals surface area contributed by atoms with E-state index in [9.17, 15) is 18.4 Å². The molecule has 0 bridgehead atoms. The third-order valence-electron chi connectivity index (χ3n) is 3.88. The summed E-state index contributed by atoms with van der Waals surface area (Å²) < 4.78 is 39.7.